The summed E-state index contributed by atoms with van der Waals surface area (Å²) in [6.45, 7) is 2.84. The molecule has 2 aliphatic heterocycles. The van der Waals surface area contributed by atoms with Crippen molar-refractivity contribution in [2.24, 2.45) is 11.7 Å². The van der Waals surface area contributed by atoms with E-state index in [-0.39, 0.29) is 0 Å². The Balaban J connectivity index is 1.20. The van der Waals surface area contributed by atoms with Crippen LogP contribution in [0.5, 0.6) is 0 Å². The summed E-state index contributed by atoms with van der Waals surface area (Å²) in [4.78, 5) is 17.2. The molecule has 1 saturated heterocycles. The quantitative estimate of drug-likeness (QED) is 0.621. The summed E-state index contributed by atoms with van der Waals surface area (Å²) in [6.07, 6.45) is 17.7. The monoisotopic (exact) mass is 431 g/mol. The highest BCUT2D eigenvalue weighted by atomic mass is 16.2. The van der Waals surface area contributed by atoms with Crippen LogP contribution in [0, 0.1) is 5.92 Å². The van der Waals surface area contributed by atoms with E-state index in [9.17, 15) is 4.79 Å². The summed E-state index contributed by atoms with van der Waals surface area (Å²) < 4.78 is 0. The fraction of sp³-hybridized carbons (Fsp3) is 0.407. The lowest BCUT2D eigenvalue weighted by atomic mass is 9.91. The van der Waals surface area contributed by atoms with Crippen molar-refractivity contribution in [1.82, 2.24) is 9.80 Å². The number of rotatable bonds is 8. The van der Waals surface area contributed by atoms with Gasteiger partial charge in [-0.3, -0.25) is 10.2 Å². The number of benzene rings is 1. The van der Waals surface area contributed by atoms with Gasteiger partial charge in [-0.05, 0) is 73.1 Å². The Hall–Kier alpha value is -3.08. The third-order valence-electron chi connectivity index (χ3n) is 6.95. The Morgan fingerprint density at radius 2 is 1.97 bits per heavy atom. The first-order valence-electron chi connectivity index (χ1n) is 11.8. The Bertz CT molecular complexity index is 936. The fourth-order valence-corrected chi connectivity index (χ4v) is 5.03. The number of aryl methyl sites for hydroxylation is 1. The van der Waals surface area contributed by atoms with E-state index in [2.05, 4.69) is 58.5 Å². The van der Waals surface area contributed by atoms with Crippen LogP contribution in [0.1, 0.15) is 37.7 Å². The standard InChI is InChI=1S/C27H34N4O/c28-18-25(19-29)23-9-10-26-24(17-23)13-16-31(26)20-22-11-14-30(15-12-22)27(32)8-4-7-21-5-2-1-3-6-21/h1-3,5-6,9,13,16-19,22,26,28H,4,7-8,10-12,14-15,20,29H2/p+1/b25-19+,28-18?. The number of carbonyl (C=O) groups is 1. The number of amides is 1. The Morgan fingerprint density at radius 3 is 2.69 bits per heavy atom. The summed E-state index contributed by atoms with van der Waals surface area (Å²) in [5, 5.41) is 5.69. The van der Waals surface area contributed by atoms with E-state index in [0.717, 1.165) is 62.9 Å². The highest BCUT2D eigenvalue weighted by Gasteiger charge is 2.30. The molecule has 1 aromatic carbocycles. The molecule has 168 valence electrons. The lowest BCUT2D eigenvalue weighted by Gasteiger charge is -2.36. The van der Waals surface area contributed by atoms with Crippen molar-refractivity contribution in [3.05, 3.63) is 83.2 Å². The smallest absolute Gasteiger partial charge is 0.222 e. The van der Waals surface area contributed by atoms with E-state index in [1.54, 1.807) is 12.4 Å². The molecule has 1 fully saturated rings. The summed E-state index contributed by atoms with van der Waals surface area (Å²) in [6, 6.07) is 10.8. The van der Waals surface area contributed by atoms with E-state index < -0.39 is 0 Å². The fourth-order valence-electron chi connectivity index (χ4n) is 5.03. The highest BCUT2D eigenvalue weighted by Crippen LogP contribution is 2.32. The molecule has 4 N–H and O–H groups in total. The van der Waals surface area contributed by atoms with Crippen molar-refractivity contribution >= 4 is 12.1 Å². The first-order valence-corrected chi connectivity index (χ1v) is 11.8. The number of likely N-dealkylation sites (tertiary alicyclic amines) is 1. The number of hydrogen-bond donors (Lipinski definition) is 2. The summed E-state index contributed by atoms with van der Waals surface area (Å²) in [5.74, 6) is 0.950. The van der Waals surface area contributed by atoms with Crippen molar-refractivity contribution in [3.63, 3.8) is 0 Å². The molecule has 0 saturated carbocycles. The van der Waals surface area contributed by atoms with Crippen LogP contribution in [0.25, 0.3) is 0 Å². The molecule has 5 nitrogen and oxygen atoms in total. The van der Waals surface area contributed by atoms with Gasteiger partial charge in [0, 0.05) is 32.3 Å². The number of nitrogens with two attached hydrogens (primary N) is 2. The van der Waals surface area contributed by atoms with Gasteiger partial charge in [0.05, 0.1) is 11.6 Å². The molecule has 4 rings (SSSR count). The van der Waals surface area contributed by atoms with E-state index in [4.69, 9.17) is 11.1 Å². The number of hydrogen-bond acceptors (Lipinski definition) is 3. The molecule has 0 aromatic heterocycles. The van der Waals surface area contributed by atoms with Crippen LogP contribution in [0.15, 0.2) is 77.7 Å². The van der Waals surface area contributed by atoms with Gasteiger partial charge in [-0.1, -0.05) is 36.4 Å². The average molecular weight is 432 g/mol. The summed E-state index contributed by atoms with van der Waals surface area (Å²) in [5.41, 5.74) is 10.3. The third-order valence-corrected chi connectivity index (χ3v) is 6.95. The number of fused-ring (bicyclic) bond motifs is 1. The zero-order valence-corrected chi connectivity index (χ0v) is 18.8. The maximum atomic E-state index is 12.6. The predicted octanol–water partition coefficient (Wildman–Crippen LogP) is 2.37. The van der Waals surface area contributed by atoms with Gasteiger partial charge in [-0.2, -0.15) is 0 Å². The van der Waals surface area contributed by atoms with Crippen LogP contribution in [0.4, 0.5) is 0 Å². The van der Waals surface area contributed by atoms with Crippen molar-refractivity contribution in [2.45, 2.75) is 44.6 Å². The maximum absolute atomic E-state index is 12.6. The predicted molar refractivity (Wildman–Crippen MR) is 129 cm³/mol. The largest absolute Gasteiger partial charge is 0.404 e. The highest BCUT2D eigenvalue weighted by molar-refractivity contribution is 5.82. The van der Waals surface area contributed by atoms with Crippen LogP contribution in [-0.2, 0) is 11.2 Å². The lowest BCUT2D eigenvalue weighted by Crippen LogP contribution is -2.42. The first-order chi connectivity index (χ1) is 15.7. The van der Waals surface area contributed by atoms with Crippen LogP contribution in [-0.4, -0.2) is 47.6 Å². The molecule has 32 heavy (non-hydrogen) atoms. The van der Waals surface area contributed by atoms with Crippen LogP contribution >= 0.6 is 0 Å². The first kappa shape index (κ1) is 22.1. The van der Waals surface area contributed by atoms with E-state index in [1.165, 1.54) is 11.1 Å². The number of allylic oxidation sites excluding steroid dienone is 3. The Morgan fingerprint density at radius 1 is 1.19 bits per heavy atom. The van der Waals surface area contributed by atoms with E-state index in [0.29, 0.717) is 24.3 Å². The minimum atomic E-state index is 0.316. The maximum Gasteiger partial charge on any atom is 0.222 e. The van der Waals surface area contributed by atoms with Gasteiger partial charge in [0.1, 0.15) is 0 Å². The number of piperidine rings is 1. The van der Waals surface area contributed by atoms with Gasteiger partial charge < -0.3 is 15.5 Å². The molecule has 0 bridgehead atoms. The molecule has 5 heteroatoms. The van der Waals surface area contributed by atoms with Gasteiger partial charge in [-0.15, -0.1) is 0 Å². The molecule has 1 atom stereocenters. The Labute approximate surface area is 191 Å². The number of nitrogens with zero attached hydrogens (tertiary/aromatic N) is 2. The second-order valence-electron chi connectivity index (χ2n) is 9.02. The van der Waals surface area contributed by atoms with Gasteiger partial charge in [-0.25, -0.2) is 0 Å². The molecule has 1 aromatic rings. The molecular formula is C27H35N4O+. The molecule has 0 radical (unpaired) electrons. The summed E-state index contributed by atoms with van der Waals surface area (Å²) >= 11 is 0. The van der Waals surface area contributed by atoms with Gasteiger partial charge in [0.2, 0.25) is 5.91 Å². The average Bonchev–Trinajstić information content (AvgIpc) is 3.23. The van der Waals surface area contributed by atoms with Crippen LogP contribution < -0.4 is 11.1 Å². The molecule has 1 amide bonds. The summed E-state index contributed by atoms with van der Waals surface area (Å²) in [7, 11) is 0. The molecule has 1 aliphatic carbocycles. The van der Waals surface area contributed by atoms with Crippen LogP contribution in [0.3, 0.4) is 0 Å². The van der Waals surface area contributed by atoms with Crippen molar-refractivity contribution in [2.75, 3.05) is 19.6 Å². The number of carbonyl (C=O) groups excluding carboxylic acids is 1. The SMILES string of the molecule is N/C=C(\C=[NH2+])C1=CCC2C(=C1)C=CN2CC1CCN(C(=O)CCCc2ccccc2)CC1. The minimum absolute atomic E-state index is 0.316. The van der Waals surface area contributed by atoms with Crippen molar-refractivity contribution in [1.29, 1.82) is 0 Å². The van der Waals surface area contributed by atoms with E-state index in [1.807, 2.05) is 6.07 Å². The second-order valence-corrected chi connectivity index (χ2v) is 9.02. The zero-order valence-electron chi connectivity index (χ0n) is 18.8. The topological polar surface area (TPSA) is 75.2 Å². The molecule has 0 spiro atoms. The zero-order chi connectivity index (χ0) is 22.3. The van der Waals surface area contributed by atoms with Gasteiger partial charge in [0.15, 0.2) is 6.21 Å². The molecule has 1 unspecified atom stereocenters. The third kappa shape index (κ3) is 5.21. The molecule has 2 heterocycles. The Kier molecular flexibility index (Phi) is 7.25. The molecular weight excluding hydrogens is 396 g/mol. The lowest BCUT2D eigenvalue weighted by molar-refractivity contribution is -0.132. The minimum Gasteiger partial charge on any atom is -0.404 e. The second kappa shape index (κ2) is 10.5. The van der Waals surface area contributed by atoms with Crippen molar-refractivity contribution < 1.29 is 10.2 Å². The van der Waals surface area contributed by atoms with Gasteiger partial charge >= 0.3 is 0 Å². The van der Waals surface area contributed by atoms with Gasteiger partial charge in [0.25, 0.3) is 0 Å². The van der Waals surface area contributed by atoms with E-state index >= 15 is 0 Å². The normalized spacial score (nSPS) is 21.2. The van der Waals surface area contributed by atoms with Crippen LogP contribution in [0.2, 0.25) is 0 Å². The van der Waals surface area contributed by atoms with Crippen molar-refractivity contribution in [3.8, 4) is 0 Å². The molecule has 3 aliphatic rings.